The minimum Gasteiger partial charge on any atom is -0.462 e. The fourth-order valence-electron chi connectivity index (χ4n) is 10.9. The van der Waals surface area contributed by atoms with Crippen molar-refractivity contribution in [3.8, 4) is 0 Å². The molecule has 0 spiro atoms. The van der Waals surface area contributed by atoms with E-state index in [2.05, 4.69) is 48.5 Å². The first-order chi connectivity index (χ1) is 43.7. The van der Waals surface area contributed by atoms with Crippen molar-refractivity contribution in [3.63, 3.8) is 0 Å². The Kier molecular flexibility index (Phi) is 61.5. The molecule has 0 aromatic rings. The molecule has 0 saturated heterocycles. The third-order valence-corrected chi connectivity index (χ3v) is 18.5. The molecule has 17 nitrogen and oxygen atoms in total. The van der Waals surface area contributed by atoms with Crippen molar-refractivity contribution in [1.29, 1.82) is 0 Å². The van der Waals surface area contributed by atoms with Crippen LogP contribution in [0.4, 0.5) is 0 Å². The Balaban J connectivity index is 5.14. The van der Waals surface area contributed by atoms with Crippen molar-refractivity contribution < 1.29 is 80.2 Å². The van der Waals surface area contributed by atoms with Crippen LogP contribution in [0.5, 0.6) is 0 Å². The Morgan fingerprint density at radius 2 is 0.505 bits per heavy atom. The lowest BCUT2D eigenvalue weighted by molar-refractivity contribution is -0.161. The smallest absolute Gasteiger partial charge is 0.462 e. The second-order valence-electron chi connectivity index (χ2n) is 27.4. The summed E-state index contributed by atoms with van der Waals surface area (Å²) in [6.07, 6.45) is 47.8. The van der Waals surface area contributed by atoms with Gasteiger partial charge in [0.05, 0.1) is 26.4 Å². The predicted octanol–water partition coefficient (Wildman–Crippen LogP) is 20.6. The molecule has 0 radical (unpaired) electrons. The molecule has 0 aliphatic carbocycles. The molecule has 0 bridgehead atoms. The summed E-state index contributed by atoms with van der Waals surface area (Å²) in [6, 6.07) is 0. The average molecular weight is 1340 g/mol. The molecule has 0 saturated carbocycles. The normalized spacial score (nSPS) is 14.2. The molecule has 0 aliphatic rings. The maximum Gasteiger partial charge on any atom is 0.472 e. The number of hydrogen-bond acceptors (Lipinski definition) is 15. The Labute approximate surface area is 556 Å². The lowest BCUT2D eigenvalue weighted by Gasteiger charge is -2.21. The lowest BCUT2D eigenvalue weighted by atomic mass is 10.0. The third kappa shape index (κ3) is 66.5. The standard InChI is InChI=1S/C72H140O17P2/c1-8-9-10-36-46-53-69(74)82-59-67(88-72(77)56-49-42-35-29-32-39-45-52-65(6)7)61-86-90(78,79)84-57-66(73)58-85-91(80,81)87-62-68(60-83-70(75)54-47-40-33-27-23-19-16-15-18-22-26-31-38-44-51-64(4)5)89-71(76)55-48-41-34-28-24-20-14-12-11-13-17-21-25-30-37-43-50-63(2)3/h63-68,73H,8-62H2,1-7H3,(H,78,79)(H,80,81)/t66-,67+,68+/m0/s1. The van der Waals surface area contributed by atoms with Crippen molar-refractivity contribution in [3.05, 3.63) is 0 Å². The first-order valence-electron chi connectivity index (χ1n) is 37.3. The fourth-order valence-corrected chi connectivity index (χ4v) is 12.5. The predicted molar refractivity (Wildman–Crippen MR) is 368 cm³/mol. The van der Waals surface area contributed by atoms with E-state index in [-0.39, 0.29) is 25.7 Å². The number of rotatable bonds is 70. The van der Waals surface area contributed by atoms with Crippen LogP contribution < -0.4 is 0 Å². The highest BCUT2D eigenvalue weighted by Gasteiger charge is 2.30. The number of phosphoric acid groups is 2. The Morgan fingerprint density at radius 1 is 0.297 bits per heavy atom. The van der Waals surface area contributed by atoms with Gasteiger partial charge >= 0.3 is 39.5 Å². The van der Waals surface area contributed by atoms with Gasteiger partial charge in [-0.15, -0.1) is 0 Å². The van der Waals surface area contributed by atoms with E-state index in [1.807, 2.05) is 0 Å². The summed E-state index contributed by atoms with van der Waals surface area (Å²) in [6.45, 7) is 11.8. The molecule has 3 N–H and O–H groups in total. The zero-order valence-corrected chi connectivity index (χ0v) is 61.1. The highest BCUT2D eigenvalue weighted by Crippen LogP contribution is 2.45. The van der Waals surface area contributed by atoms with Crippen LogP contribution in [0.3, 0.4) is 0 Å². The fraction of sp³-hybridized carbons (Fsp3) is 0.944. The molecule has 0 rings (SSSR count). The summed E-state index contributed by atoms with van der Waals surface area (Å²) in [5.74, 6) is 0.168. The van der Waals surface area contributed by atoms with E-state index < -0.39 is 97.5 Å². The molecule has 5 atom stereocenters. The van der Waals surface area contributed by atoms with E-state index in [9.17, 15) is 43.2 Å². The van der Waals surface area contributed by atoms with Crippen molar-refractivity contribution in [2.45, 2.75) is 381 Å². The lowest BCUT2D eigenvalue weighted by Crippen LogP contribution is -2.30. The van der Waals surface area contributed by atoms with Crippen LogP contribution in [-0.2, 0) is 65.4 Å². The van der Waals surface area contributed by atoms with E-state index >= 15 is 0 Å². The van der Waals surface area contributed by atoms with Gasteiger partial charge in [-0.2, -0.15) is 0 Å². The molecule has 0 fully saturated rings. The van der Waals surface area contributed by atoms with E-state index in [0.717, 1.165) is 108 Å². The number of unbranched alkanes of at least 4 members (excludes halogenated alkanes) is 38. The molecule has 540 valence electrons. The summed E-state index contributed by atoms with van der Waals surface area (Å²) in [5.41, 5.74) is 0. The number of aliphatic hydroxyl groups excluding tert-OH is 1. The van der Waals surface area contributed by atoms with Gasteiger partial charge in [0.15, 0.2) is 12.2 Å². The van der Waals surface area contributed by atoms with Gasteiger partial charge in [0.2, 0.25) is 0 Å². The molecule has 91 heavy (non-hydrogen) atoms. The Morgan fingerprint density at radius 3 is 0.747 bits per heavy atom. The van der Waals surface area contributed by atoms with Crippen LogP contribution in [0, 0.1) is 17.8 Å². The van der Waals surface area contributed by atoms with Crippen molar-refractivity contribution >= 4 is 39.5 Å². The minimum absolute atomic E-state index is 0.102. The van der Waals surface area contributed by atoms with Gasteiger partial charge in [-0.25, -0.2) is 9.13 Å². The monoisotopic (exact) mass is 1340 g/mol. The molecular weight excluding hydrogens is 1200 g/mol. The van der Waals surface area contributed by atoms with Crippen LogP contribution in [0.2, 0.25) is 0 Å². The number of esters is 4. The van der Waals surface area contributed by atoms with Crippen molar-refractivity contribution in [2.75, 3.05) is 39.6 Å². The van der Waals surface area contributed by atoms with Gasteiger partial charge in [-0.05, 0) is 43.4 Å². The minimum atomic E-state index is -4.95. The van der Waals surface area contributed by atoms with Gasteiger partial charge in [-0.3, -0.25) is 37.3 Å². The maximum absolute atomic E-state index is 13.0. The third-order valence-electron chi connectivity index (χ3n) is 16.6. The molecule has 0 aromatic carbocycles. The molecule has 19 heteroatoms. The second kappa shape index (κ2) is 62.8. The van der Waals surface area contributed by atoms with E-state index in [4.69, 9.17) is 37.0 Å². The van der Waals surface area contributed by atoms with Gasteiger partial charge < -0.3 is 33.8 Å². The number of phosphoric ester groups is 2. The van der Waals surface area contributed by atoms with Gasteiger partial charge in [0, 0.05) is 25.7 Å². The number of carbonyl (C=O) groups excluding carboxylic acids is 4. The van der Waals surface area contributed by atoms with Gasteiger partial charge in [0.1, 0.15) is 19.3 Å². The van der Waals surface area contributed by atoms with Crippen LogP contribution >= 0.6 is 15.6 Å². The van der Waals surface area contributed by atoms with Gasteiger partial charge in [-0.1, -0.05) is 312 Å². The zero-order chi connectivity index (χ0) is 67.3. The van der Waals surface area contributed by atoms with Crippen molar-refractivity contribution in [1.82, 2.24) is 0 Å². The number of carbonyl (C=O) groups is 4. The summed E-state index contributed by atoms with van der Waals surface area (Å²) >= 11 is 0. The molecule has 2 unspecified atom stereocenters. The average Bonchev–Trinajstić information content (AvgIpc) is 3.69. The van der Waals surface area contributed by atoms with E-state index in [0.29, 0.717) is 31.6 Å². The van der Waals surface area contributed by atoms with Gasteiger partial charge in [0.25, 0.3) is 0 Å². The van der Waals surface area contributed by atoms with E-state index in [1.54, 1.807) is 0 Å². The van der Waals surface area contributed by atoms with Crippen LogP contribution in [0.15, 0.2) is 0 Å². The molecule has 0 amide bonds. The first-order valence-corrected chi connectivity index (χ1v) is 40.3. The molecule has 0 heterocycles. The Bertz CT molecular complexity index is 1780. The number of hydrogen-bond donors (Lipinski definition) is 3. The quantitative estimate of drug-likeness (QED) is 0.0222. The van der Waals surface area contributed by atoms with Crippen LogP contribution in [0.1, 0.15) is 363 Å². The molecule has 0 aromatic heterocycles. The molecule has 0 aliphatic heterocycles. The molecular formula is C72H140O17P2. The first kappa shape index (κ1) is 89.1. The van der Waals surface area contributed by atoms with E-state index in [1.165, 1.54) is 167 Å². The summed E-state index contributed by atoms with van der Waals surface area (Å²) in [5, 5.41) is 10.6. The topological polar surface area (TPSA) is 237 Å². The van der Waals surface area contributed by atoms with Crippen LogP contribution in [0.25, 0.3) is 0 Å². The SMILES string of the molecule is CCCCCCCC(=O)OC[C@H](COP(=O)(O)OC[C@H](O)COP(=O)(O)OC[C@@H](COC(=O)CCCCCCCCCCCCCCCCC(C)C)OC(=O)CCCCCCCCCCCCCCCCCCC(C)C)OC(=O)CCCCCCCCCC(C)C. The summed E-state index contributed by atoms with van der Waals surface area (Å²) < 4.78 is 68.1. The number of ether oxygens (including phenoxy) is 4. The highest BCUT2D eigenvalue weighted by molar-refractivity contribution is 7.47. The Hall–Kier alpha value is -1.94. The highest BCUT2D eigenvalue weighted by atomic mass is 31.2. The zero-order valence-electron chi connectivity index (χ0n) is 59.3. The number of aliphatic hydroxyl groups is 1. The largest absolute Gasteiger partial charge is 0.472 e. The summed E-state index contributed by atoms with van der Waals surface area (Å²) in [7, 11) is -9.89. The van der Waals surface area contributed by atoms with Crippen molar-refractivity contribution in [2.24, 2.45) is 17.8 Å². The second-order valence-corrected chi connectivity index (χ2v) is 30.3. The summed E-state index contributed by atoms with van der Waals surface area (Å²) in [4.78, 5) is 72.3. The van der Waals surface area contributed by atoms with Crippen LogP contribution in [-0.4, -0.2) is 96.7 Å². The maximum atomic E-state index is 13.0.